The van der Waals surface area contributed by atoms with E-state index in [-0.39, 0.29) is 30.7 Å². The summed E-state index contributed by atoms with van der Waals surface area (Å²) in [4.78, 5) is 27.3. The lowest BCUT2D eigenvalue weighted by molar-refractivity contribution is -0.124. The van der Waals surface area contributed by atoms with Gasteiger partial charge in [-0.2, -0.15) is 0 Å². The molecule has 23 heavy (non-hydrogen) atoms. The Bertz CT molecular complexity index is 763. The third-order valence-electron chi connectivity index (χ3n) is 3.66. The summed E-state index contributed by atoms with van der Waals surface area (Å²) in [5, 5.41) is 0. The predicted octanol–water partition coefficient (Wildman–Crippen LogP) is 2.21. The van der Waals surface area contributed by atoms with Crippen molar-refractivity contribution in [3.63, 3.8) is 0 Å². The normalized spacial score (nSPS) is 13.7. The number of halogens is 1. The average molecular weight is 314 g/mol. The molecule has 0 bridgehead atoms. The zero-order chi connectivity index (χ0) is 16.4. The zero-order valence-corrected chi connectivity index (χ0v) is 12.5. The lowest BCUT2D eigenvalue weighted by atomic mass is 10.1. The number of benzene rings is 2. The topological polar surface area (TPSA) is 49.9 Å². The fourth-order valence-electron chi connectivity index (χ4n) is 2.44. The van der Waals surface area contributed by atoms with Gasteiger partial charge >= 0.3 is 0 Å². The van der Waals surface area contributed by atoms with E-state index < -0.39 is 5.82 Å². The monoisotopic (exact) mass is 314 g/mol. The van der Waals surface area contributed by atoms with Gasteiger partial charge in [-0.25, -0.2) is 4.39 Å². The molecule has 6 heteroatoms. The van der Waals surface area contributed by atoms with Crippen molar-refractivity contribution in [3.8, 4) is 5.75 Å². The highest BCUT2D eigenvalue weighted by Gasteiger charge is 2.30. The highest BCUT2D eigenvalue weighted by Crippen LogP contribution is 2.32. The first-order valence-electron chi connectivity index (χ1n) is 7.10. The Morgan fingerprint density at radius 2 is 1.91 bits per heavy atom. The number of likely N-dealkylation sites (N-methyl/N-ethyl adjacent to an activating group) is 1. The minimum Gasteiger partial charge on any atom is -0.484 e. The Labute approximate surface area is 132 Å². The first kappa shape index (κ1) is 15.0. The van der Waals surface area contributed by atoms with E-state index in [0.717, 1.165) is 0 Å². The second kappa shape index (κ2) is 6.08. The van der Waals surface area contributed by atoms with Crippen LogP contribution in [0.3, 0.4) is 0 Å². The third-order valence-corrected chi connectivity index (χ3v) is 3.66. The number of hydrogen-bond donors (Lipinski definition) is 0. The molecule has 0 radical (unpaired) electrons. The molecule has 118 valence electrons. The quantitative estimate of drug-likeness (QED) is 0.873. The molecule has 0 aliphatic carbocycles. The Morgan fingerprint density at radius 3 is 2.65 bits per heavy atom. The average Bonchev–Trinajstić information content (AvgIpc) is 2.56. The summed E-state index contributed by atoms with van der Waals surface area (Å²) in [6.07, 6.45) is 0. The standard InChI is InChI=1S/C17H15FN2O3/c1-19-14-7-2-3-8-15(14)20(10-16(19)21)17(22)11-23-13-6-4-5-12(18)9-13/h2-9H,10-11H2,1H3. The van der Waals surface area contributed by atoms with Gasteiger partial charge in [0.1, 0.15) is 18.1 Å². The summed E-state index contributed by atoms with van der Waals surface area (Å²) in [7, 11) is 1.67. The van der Waals surface area contributed by atoms with E-state index in [1.165, 1.54) is 28.0 Å². The molecule has 0 spiro atoms. The number of para-hydroxylation sites is 2. The second-order valence-electron chi connectivity index (χ2n) is 5.17. The molecule has 0 unspecified atom stereocenters. The summed E-state index contributed by atoms with van der Waals surface area (Å²) in [5.74, 6) is -0.701. The number of carbonyl (C=O) groups excluding carboxylic acids is 2. The van der Waals surface area contributed by atoms with Crippen molar-refractivity contribution < 1.29 is 18.7 Å². The third kappa shape index (κ3) is 3.01. The van der Waals surface area contributed by atoms with E-state index in [0.29, 0.717) is 11.4 Å². The molecule has 0 saturated heterocycles. The van der Waals surface area contributed by atoms with Gasteiger partial charge in [0.25, 0.3) is 5.91 Å². The summed E-state index contributed by atoms with van der Waals surface area (Å²) in [6, 6.07) is 12.7. The van der Waals surface area contributed by atoms with Gasteiger partial charge < -0.3 is 9.64 Å². The first-order chi connectivity index (χ1) is 11.1. The minimum atomic E-state index is -0.435. The van der Waals surface area contributed by atoms with Crippen molar-refractivity contribution in [2.24, 2.45) is 0 Å². The molecule has 1 aliphatic rings. The molecule has 3 rings (SSSR count). The molecular formula is C17H15FN2O3. The van der Waals surface area contributed by atoms with Gasteiger partial charge in [0.15, 0.2) is 6.61 Å². The van der Waals surface area contributed by atoms with Crippen molar-refractivity contribution in [1.29, 1.82) is 0 Å². The maximum absolute atomic E-state index is 13.1. The van der Waals surface area contributed by atoms with Crippen molar-refractivity contribution in [2.75, 3.05) is 30.0 Å². The Balaban J connectivity index is 1.77. The zero-order valence-electron chi connectivity index (χ0n) is 12.5. The summed E-state index contributed by atoms with van der Waals surface area (Å²) in [6.45, 7) is -0.312. The minimum absolute atomic E-state index is 0.0428. The first-order valence-corrected chi connectivity index (χ1v) is 7.10. The maximum Gasteiger partial charge on any atom is 0.265 e. The van der Waals surface area contributed by atoms with E-state index in [1.807, 2.05) is 0 Å². The Hall–Kier alpha value is -2.89. The molecule has 2 aromatic carbocycles. The molecule has 1 heterocycles. The molecule has 0 saturated carbocycles. The molecule has 5 nitrogen and oxygen atoms in total. The van der Waals surface area contributed by atoms with E-state index in [1.54, 1.807) is 37.4 Å². The number of rotatable bonds is 3. The van der Waals surface area contributed by atoms with Crippen molar-refractivity contribution in [1.82, 2.24) is 0 Å². The van der Waals surface area contributed by atoms with Crippen molar-refractivity contribution in [2.45, 2.75) is 0 Å². The number of carbonyl (C=O) groups is 2. The highest BCUT2D eigenvalue weighted by atomic mass is 19.1. The van der Waals surface area contributed by atoms with E-state index in [9.17, 15) is 14.0 Å². The summed E-state index contributed by atoms with van der Waals surface area (Å²) < 4.78 is 18.4. The van der Waals surface area contributed by atoms with Gasteiger partial charge in [0.05, 0.1) is 11.4 Å². The van der Waals surface area contributed by atoms with Crippen LogP contribution in [0.1, 0.15) is 0 Å². The smallest absolute Gasteiger partial charge is 0.265 e. The molecule has 0 atom stereocenters. The molecule has 0 aromatic heterocycles. The van der Waals surface area contributed by atoms with Gasteiger partial charge in [-0.3, -0.25) is 14.5 Å². The van der Waals surface area contributed by atoms with Gasteiger partial charge in [0, 0.05) is 13.1 Å². The van der Waals surface area contributed by atoms with Crippen LogP contribution in [0.5, 0.6) is 5.75 Å². The van der Waals surface area contributed by atoms with Gasteiger partial charge in [0.2, 0.25) is 5.91 Å². The summed E-state index contributed by atoms with van der Waals surface area (Å²) in [5.41, 5.74) is 1.32. The number of hydrogen-bond acceptors (Lipinski definition) is 3. The number of amides is 2. The molecule has 0 N–H and O–H groups in total. The maximum atomic E-state index is 13.1. The van der Waals surface area contributed by atoms with Crippen LogP contribution in [0.15, 0.2) is 48.5 Å². The van der Waals surface area contributed by atoms with Crippen molar-refractivity contribution >= 4 is 23.2 Å². The van der Waals surface area contributed by atoms with Crippen LogP contribution in [0.4, 0.5) is 15.8 Å². The molecule has 2 aromatic rings. The summed E-state index contributed by atoms with van der Waals surface area (Å²) >= 11 is 0. The second-order valence-corrected chi connectivity index (χ2v) is 5.17. The Morgan fingerprint density at radius 1 is 1.17 bits per heavy atom. The van der Waals surface area contributed by atoms with Crippen LogP contribution < -0.4 is 14.5 Å². The fourth-order valence-corrected chi connectivity index (χ4v) is 2.44. The highest BCUT2D eigenvalue weighted by molar-refractivity contribution is 6.11. The van der Waals surface area contributed by atoms with Gasteiger partial charge in [-0.1, -0.05) is 18.2 Å². The van der Waals surface area contributed by atoms with Gasteiger partial charge in [-0.15, -0.1) is 0 Å². The molecule has 1 aliphatic heterocycles. The van der Waals surface area contributed by atoms with Gasteiger partial charge in [-0.05, 0) is 24.3 Å². The van der Waals surface area contributed by atoms with Crippen LogP contribution in [0.25, 0.3) is 0 Å². The molecule has 0 fully saturated rings. The largest absolute Gasteiger partial charge is 0.484 e. The van der Waals surface area contributed by atoms with E-state index >= 15 is 0 Å². The number of ether oxygens (including phenoxy) is 1. The number of fused-ring (bicyclic) bond motifs is 1. The van der Waals surface area contributed by atoms with Crippen LogP contribution >= 0.6 is 0 Å². The van der Waals surface area contributed by atoms with E-state index in [4.69, 9.17) is 4.74 Å². The van der Waals surface area contributed by atoms with Crippen LogP contribution in [0, 0.1) is 5.82 Å². The lowest BCUT2D eigenvalue weighted by Crippen LogP contribution is -2.48. The number of anilines is 2. The van der Waals surface area contributed by atoms with Crippen LogP contribution in [0.2, 0.25) is 0 Å². The van der Waals surface area contributed by atoms with E-state index in [2.05, 4.69) is 0 Å². The van der Waals surface area contributed by atoms with Crippen LogP contribution in [-0.2, 0) is 9.59 Å². The SMILES string of the molecule is CN1C(=O)CN(C(=O)COc2cccc(F)c2)c2ccccc21. The lowest BCUT2D eigenvalue weighted by Gasteiger charge is -2.33. The number of nitrogens with zero attached hydrogens (tertiary/aromatic N) is 2. The van der Waals surface area contributed by atoms with Crippen molar-refractivity contribution in [3.05, 3.63) is 54.3 Å². The molecule has 2 amide bonds. The Kier molecular flexibility index (Phi) is 3.97. The van der Waals surface area contributed by atoms with Crippen LogP contribution in [-0.4, -0.2) is 32.0 Å². The predicted molar refractivity (Wildman–Crippen MR) is 84.1 cm³/mol. The molecular weight excluding hydrogens is 299 g/mol. The fraction of sp³-hybridized carbons (Fsp3) is 0.176.